The lowest BCUT2D eigenvalue weighted by Gasteiger charge is -2.20. The van der Waals surface area contributed by atoms with Crippen molar-refractivity contribution < 1.29 is 13.2 Å². The van der Waals surface area contributed by atoms with E-state index in [2.05, 4.69) is 29.9 Å². The smallest absolute Gasteiger partial charge is 0.243 e. The van der Waals surface area contributed by atoms with Gasteiger partial charge in [-0.1, -0.05) is 19.1 Å². The molecule has 180 valence electrons. The van der Waals surface area contributed by atoms with Gasteiger partial charge in [-0.3, -0.25) is 14.1 Å². The van der Waals surface area contributed by atoms with E-state index >= 15 is 0 Å². The standard InChI is InChI=1S/C24H25N7O3S/c1-13-9-18-20(25-10-13)17-7-6-8-19(34-5)21(17)31-23(18)28-29-24(31)30-35(32,33)16(4)15(3)22-26-11-14(2)12-27-22/h6-12,15-16H,1-5H3,(H,29,30)/t15-,16-/m0/s1. The molecular weight excluding hydrogens is 466 g/mol. The molecule has 0 saturated carbocycles. The molecule has 0 saturated heterocycles. The number of pyridine rings is 2. The zero-order chi connectivity index (χ0) is 24.9. The Hall–Kier alpha value is -3.86. The van der Waals surface area contributed by atoms with Crippen molar-refractivity contribution in [2.45, 2.75) is 38.9 Å². The molecule has 0 aliphatic heterocycles. The van der Waals surface area contributed by atoms with Gasteiger partial charge in [0.1, 0.15) is 17.1 Å². The molecule has 10 nitrogen and oxygen atoms in total. The van der Waals surface area contributed by atoms with Gasteiger partial charge in [0.15, 0.2) is 5.65 Å². The van der Waals surface area contributed by atoms with Crippen LogP contribution in [0.4, 0.5) is 5.95 Å². The van der Waals surface area contributed by atoms with Crippen LogP contribution in [0.3, 0.4) is 0 Å². The van der Waals surface area contributed by atoms with Crippen LogP contribution in [0.5, 0.6) is 5.75 Å². The van der Waals surface area contributed by atoms with E-state index in [1.54, 1.807) is 50.0 Å². The van der Waals surface area contributed by atoms with Gasteiger partial charge in [0, 0.05) is 35.3 Å². The predicted molar refractivity (Wildman–Crippen MR) is 134 cm³/mol. The van der Waals surface area contributed by atoms with Crippen molar-refractivity contribution in [1.29, 1.82) is 0 Å². The molecule has 5 rings (SSSR count). The van der Waals surface area contributed by atoms with E-state index in [-0.39, 0.29) is 5.95 Å². The lowest BCUT2D eigenvalue weighted by molar-refractivity contribution is 0.418. The number of hydrogen-bond donors (Lipinski definition) is 1. The number of ether oxygens (including phenoxy) is 1. The van der Waals surface area contributed by atoms with E-state index in [0.29, 0.717) is 22.7 Å². The Morgan fingerprint density at radius 1 is 0.971 bits per heavy atom. The summed E-state index contributed by atoms with van der Waals surface area (Å²) in [4.78, 5) is 13.2. The summed E-state index contributed by atoms with van der Waals surface area (Å²) in [6, 6.07) is 7.55. The maximum Gasteiger partial charge on any atom is 0.243 e. The van der Waals surface area contributed by atoms with Gasteiger partial charge in [0.2, 0.25) is 16.0 Å². The monoisotopic (exact) mass is 491 g/mol. The van der Waals surface area contributed by atoms with Crippen LogP contribution in [0.2, 0.25) is 0 Å². The maximum absolute atomic E-state index is 13.4. The van der Waals surface area contributed by atoms with Crippen molar-refractivity contribution in [1.82, 2.24) is 29.5 Å². The molecule has 0 spiro atoms. The molecule has 4 heterocycles. The second kappa shape index (κ2) is 8.42. The molecule has 0 bridgehead atoms. The van der Waals surface area contributed by atoms with Crippen molar-refractivity contribution in [2.75, 3.05) is 11.8 Å². The molecule has 1 aromatic carbocycles. The van der Waals surface area contributed by atoms with E-state index in [1.165, 1.54) is 0 Å². The van der Waals surface area contributed by atoms with E-state index in [0.717, 1.165) is 27.4 Å². The first kappa shape index (κ1) is 22.9. The molecule has 0 amide bonds. The number of anilines is 1. The molecule has 11 heteroatoms. The predicted octanol–water partition coefficient (Wildman–Crippen LogP) is 3.78. The van der Waals surface area contributed by atoms with Gasteiger partial charge in [-0.05, 0) is 44.0 Å². The first-order valence-corrected chi connectivity index (χ1v) is 12.7. The molecule has 0 fully saturated rings. The Morgan fingerprint density at radius 2 is 1.69 bits per heavy atom. The molecule has 0 radical (unpaired) electrons. The zero-order valence-corrected chi connectivity index (χ0v) is 20.8. The number of benzene rings is 1. The quantitative estimate of drug-likeness (QED) is 0.356. The zero-order valence-electron chi connectivity index (χ0n) is 20.0. The third-order valence-electron chi connectivity index (χ3n) is 6.26. The number of nitrogens with one attached hydrogen (secondary N) is 1. The minimum absolute atomic E-state index is 0.0711. The summed E-state index contributed by atoms with van der Waals surface area (Å²) in [5.41, 5.74) is 3.69. The minimum atomic E-state index is -3.89. The molecule has 1 N–H and O–H groups in total. The van der Waals surface area contributed by atoms with Crippen molar-refractivity contribution >= 4 is 43.4 Å². The first-order chi connectivity index (χ1) is 16.7. The molecule has 0 aliphatic carbocycles. The van der Waals surface area contributed by atoms with Crippen molar-refractivity contribution in [3.8, 4) is 5.75 Å². The second-order valence-electron chi connectivity index (χ2n) is 8.71. The van der Waals surface area contributed by atoms with Gasteiger partial charge in [-0.2, -0.15) is 0 Å². The summed E-state index contributed by atoms with van der Waals surface area (Å²) < 4.78 is 36.8. The van der Waals surface area contributed by atoms with Crippen LogP contribution < -0.4 is 9.46 Å². The molecule has 5 aromatic rings. The van der Waals surface area contributed by atoms with Crippen LogP contribution in [-0.4, -0.2) is 50.3 Å². The minimum Gasteiger partial charge on any atom is -0.495 e. The fourth-order valence-electron chi connectivity index (χ4n) is 4.14. The number of aryl methyl sites for hydroxylation is 2. The first-order valence-electron chi connectivity index (χ1n) is 11.1. The Kier molecular flexibility index (Phi) is 5.51. The average Bonchev–Trinajstić information content (AvgIpc) is 3.26. The van der Waals surface area contributed by atoms with Crippen LogP contribution in [0.25, 0.3) is 27.5 Å². The van der Waals surface area contributed by atoms with Crippen LogP contribution >= 0.6 is 0 Å². The Morgan fingerprint density at radius 3 is 2.40 bits per heavy atom. The lowest BCUT2D eigenvalue weighted by atomic mass is 10.1. The number of hydrogen-bond acceptors (Lipinski definition) is 8. The number of rotatable bonds is 6. The van der Waals surface area contributed by atoms with Gasteiger partial charge in [0.05, 0.1) is 17.9 Å². The highest BCUT2D eigenvalue weighted by atomic mass is 32.2. The number of nitrogens with zero attached hydrogens (tertiary/aromatic N) is 6. The van der Waals surface area contributed by atoms with Crippen molar-refractivity contribution in [2.24, 2.45) is 0 Å². The largest absolute Gasteiger partial charge is 0.495 e. The molecule has 35 heavy (non-hydrogen) atoms. The normalized spacial score (nSPS) is 13.9. The number of aromatic nitrogens is 6. The summed E-state index contributed by atoms with van der Waals surface area (Å²) in [6.45, 7) is 7.23. The average molecular weight is 492 g/mol. The summed E-state index contributed by atoms with van der Waals surface area (Å²) in [6.07, 6.45) is 5.14. The van der Waals surface area contributed by atoms with Crippen molar-refractivity contribution in [3.63, 3.8) is 0 Å². The van der Waals surface area contributed by atoms with E-state index < -0.39 is 21.2 Å². The van der Waals surface area contributed by atoms with Gasteiger partial charge in [-0.25, -0.2) is 18.4 Å². The summed E-state index contributed by atoms with van der Waals surface area (Å²) in [5.74, 6) is 0.624. The molecule has 0 aliphatic rings. The third kappa shape index (κ3) is 3.81. The second-order valence-corrected chi connectivity index (χ2v) is 10.7. The van der Waals surface area contributed by atoms with Crippen LogP contribution in [-0.2, 0) is 10.0 Å². The molecule has 2 atom stereocenters. The third-order valence-corrected chi connectivity index (χ3v) is 8.12. The summed E-state index contributed by atoms with van der Waals surface area (Å²) in [7, 11) is -2.33. The number of sulfonamides is 1. The fourth-order valence-corrected chi connectivity index (χ4v) is 5.37. The molecule has 4 aromatic heterocycles. The summed E-state index contributed by atoms with van der Waals surface area (Å²) in [5, 5.41) is 9.27. The molecule has 0 unspecified atom stereocenters. The number of fused-ring (bicyclic) bond motifs is 6. The topological polar surface area (TPSA) is 124 Å². The highest BCUT2D eigenvalue weighted by Crippen LogP contribution is 2.35. The van der Waals surface area contributed by atoms with Crippen LogP contribution in [0, 0.1) is 13.8 Å². The van der Waals surface area contributed by atoms with Gasteiger partial charge in [-0.15, -0.1) is 10.2 Å². The van der Waals surface area contributed by atoms with Gasteiger partial charge in [0.25, 0.3) is 0 Å². The van der Waals surface area contributed by atoms with E-state index in [9.17, 15) is 8.42 Å². The molecular formula is C24H25N7O3S. The Bertz CT molecular complexity index is 1680. The maximum atomic E-state index is 13.4. The summed E-state index contributed by atoms with van der Waals surface area (Å²) >= 11 is 0. The van der Waals surface area contributed by atoms with Crippen LogP contribution in [0.1, 0.15) is 36.7 Å². The number of para-hydroxylation sites is 1. The fraction of sp³-hybridized carbons (Fsp3) is 0.292. The Balaban J connectivity index is 1.67. The lowest BCUT2D eigenvalue weighted by Crippen LogP contribution is -2.31. The highest BCUT2D eigenvalue weighted by molar-refractivity contribution is 7.93. The van der Waals surface area contributed by atoms with E-state index in [1.807, 2.05) is 32.0 Å². The Labute approximate surface area is 202 Å². The van der Waals surface area contributed by atoms with Gasteiger partial charge >= 0.3 is 0 Å². The van der Waals surface area contributed by atoms with Crippen molar-refractivity contribution in [3.05, 3.63) is 59.8 Å². The van der Waals surface area contributed by atoms with E-state index in [4.69, 9.17) is 4.74 Å². The van der Waals surface area contributed by atoms with Crippen LogP contribution in [0.15, 0.2) is 42.9 Å². The highest BCUT2D eigenvalue weighted by Gasteiger charge is 2.31. The SMILES string of the molecule is COc1cccc2c3ncc(C)cc3c3nnc(NS(=O)(=O)[C@@H](C)[C@H](C)c4ncc(C)cn4)n3c12. The van der Waals surface area contributed by atoms with Gasteiger partial charge < -0.3 is 4.74 Å². The number of methoxy groups -OCH3 is 1.